The minimum Gasteiger partial charge on any atom is -0.494 e. The molecule has 0 aliphatic heterocycles. The molecule has 5 nitrogen and oxygen atoms in total. The van der Waals surface area contributed by atoms with E-state index in [1.807, 2.05) is 19.9 Å². The quantitative estimate of drug-likeness (QED) is 0.800. The van der Waals surface area contributed by atoms with E-state index in [4.69, 9.17) is 4.74 Å². The van der Waals surface area contributed by atoms with Crippen molar-refractivity contribution in [3.05, 3.63) is 23.8 Å². The van der Waals surface area contributed by atoms with Crippen LogP contribution in [0.2, 0.25) is 0 Å². The highest BCUT2D eigenvalue weighted by atomic mass is 16.5. The van der Waals surface area contributed by atoms with Crippen LogP contribution in [0.3, 0.4) is 0 Å². The van der Waals surface area contributed by atoms with Gasteiger partial charge in [-0.3, -0.25) is 9.59 Å². The zero-order chi connectivity index (χ0) is 18.4. The predicted octanol–water partition coefficient (Wildman–Crippen LogP) is 3.66. The monoisotopic (exact) mass is 346 g/mol. The van der Waals surface area contributed by atoms with Gasteiger partial charge < -0.3 is 15.4 Å². The second-order valence-electron chi connectivity index (χ2n) is 7.14. The van der Waals surface area contributed by atoms with Crippen LogP contribution in [0.5, 0.6) is 5.75 Å². The Balaban J connectivity index is 1.97. The van der Waals surface area contributed by atoms with E-state index in [-0.39, 0.29) is 6.04 Å². The molecule has 0 heterocycles. The maximum Gasteiger partial charge on any atom is 0.313 e. The van der Waals surface area contributed by atoms with E-state index in [9.17, 15) is 9.59 Å². The van der Waals surface area contributed by atoms with Crippen LogP contribution in [0.25, 0.3) is 0 Å². The van der Waals surface area contributed by atoms with Crippen molar-refractivity contribution in [2.45, 2.75) is 59.4 Å². The highest BCUT2D eigenvalue weighted by Crippen LogP contribution is 2.30. The first-order valence-corrected chi connectivity index (χ1v) is 9.27. The molecule has 1 aliphatic carbocycles. The van der Waals surface area contributed by atoms with Gasteiger partial charge >= 0.3 is 11.8 Å². The number of anilines is 1. The minimum atomic E-state index is -0.611. The average molecular weight is 346 g/mol. The number of hydrogen-bond donors (Lipinski definition) is 2. The van der Waals surface area contributed by atoms with Gasteiger partial charge in [0.2, 0.25) is 0 Å². The highest BCUT2D eigenvalue weighted by molar-refractivity contribution is 6.39. The molecule has 1 aromatic carbocycles. The van der Waals surface area contributed by atoms with E-state index in [0.29, 0.717) is 24.1 Å². The van der Waals surface area contributed by atoms with E-state index in [1.54, 1.807) is 12.1 Å². The molecule has 0 aromatic heterocycles. The maximum absolute atomic E-state index is 12.3. The van der Waals surface area contributed by atoms with Crippen LogP contribution in [0.4, 0.5) is 5.69 Å². The third-order valence-corrected chi connectivity index (χ3v) is 4.96. The SMILES string of the molecule is CCOc1ccc(NC(=O)C(=O)NC2CCCCC2C(C)C)c(C)c1. The van der Waals surface area contributed by atoms with Crippen LogP contribution in [-0.2, 0) is 9.59 Å². The van der Waals surface area contributed by atoms with E-state index < -0.39 is 11.8 Å². The first-order chi connectivity index (χ1) is 11.9. The number of nitrogens with one attached hydrogen (secondary N) is 2. The number of carbonyl (C=O) groups is 2. The number of benzene rings is 1. The van der Waals surface area contributed by atoms with E-state index in [0.717, 1.165) is 30.6 Å². The van der Waals surface area contributed by atoms with Crippen molar-refractivity contribution in [1.82, 2.24) is 5.32 Å². The van der Waals surface area contributed by atoms with Crippen molar-refractivity contribution in [2.24, 2.45) is 11.8 Å². The van der Waals surface area contributed by atoms with Gasteiger partial charge in [0, 0.05) is 11.7 Å². The summed E-state index contributed by atoms with van der Waals surface area (Å²) in [7, 11) is 0. The first kappa shape index (κ1) is 19.3. The molecule has 0 saturated heterocycles. The Kier molecular flexibility index (Phi) is 6.85. The largest absolute Gasteiger partial charge is 0.494 e. The Labute approximate surface area is 150 Å². The van der Waals surface area contributed by atoms with Gasteiger partial charge in [0.25, 0.3) is 0 Å². The summed E-state index contributed by atoms with van der Waals surface area (Å²) < 4.78 is 5.44. The van der Waals surface area contributed by atoms with Gasteiger partial charge in [-0.25, -0.2) is 0 Å². The molecule has 0 spiro atoms. The lowest BCUT2D eigenvalue weighted by molar-refractivity contribution is -0.137. The Morgan fingerprint density at radius 2 is 1.92 bits per heavy atom. The molecule has 2 atom stereocenters. The number of carbonyl (C=O) groups excluding carboxylic acids is 2. The minimum absolute atomic E-state index is 0.0911. The van der Waals surface area contributed by atoms with Crippen molar-refractivity contribution < 1.29 is 14.3 Å². The summed E-state index contributed by atoms with van der Waals surface area (Å²) in [6.07, 6.45) is 4.37. The van der Waals surface area contributed by atoms with Gasteiger partial charge in [0.05, 0.1) is 6.61 Å². The fourth-order valence-electron chi connectivity index (χ4n) is 3.58. The number of rotatable bonds is 5. The van der Waals surface area contributed by atoms with Crippen LogP contribution in [0.1, 0.15) is 52.0 Å². The molecule has 1 fully saturated rings. The smallest absolute Gasteiger partial charge is 0.313 e. The van der Waals surface area contributed by atoms with E-state index in [2.05, 4.69) is 24.5 Å². The van der Waals surface area contributed by atoms with E-state index in [1.165, 1.54) is 6.42 Å². The molecule has 5 heteroatoms. The normalized spacial score (nSPS) is 20.2. The van der Waals surface area contributed by atoms with E-state index >= 15 is 0 Å². The van der Waals surface area contributed by atoms with Crippen LogP contribution >= 0.6 is 0 Å². The zero-order valence-corrected chi connectivity index (χ0v) is 15.7. The molecule has 2 unspecified atom stereocenters. The standard InChI is InChI=1S/C20H30N2O3/c1-5-25-15-10-11-17(14(4)12-15)21-19(23)20(24)22-18-9-7-6-8-16(18)13(2)3/h10-13,16,18H,5-9H2,1-4H3,(H,21,23)(H,22,24). The molecule has 1 aliphatic rings. The second-order valence-corrected chi connectivity index (χ2v) is 7.14. The Bertz CT molecular complexity index is 613. The van der Waals surface area contributed by atoms with Gasteiger partial charge in [-0.15, -0.1) is 0 Å². The molecular formula is C20H30N2O3. The summed E-state index contributed by atoms with van der Waals surface area (Å²) >= 11 is 0. The van der Waals surface area contributed by atoms with Crippen molar-refractivity contribution in [1.29, 1.82) is 0 Å². The molecule has 1 saturated carbocycles. The summed E-state index contributed by atoms with van der Waals surface area (Å²) in [5, 5.41) is 5.65. The zero-order valence-electron chi connectivity index (χ0n) is 15.7. The van der Waals surface area contributed by atoms with Crippen molar-refractivity contribution >= 4 is 17.5 Å². The average Bonchev–Trinajstić information content (AvgIpc) is 2.57. The molecule has 25 heavy (non-hydrogen) atoms. The number of hydrogen-bond acceptors (Lipinski definition) is 3. The van der Waals surface area contributed by atoms with Gasteiger partial charge in [-0.05, 0) is 62.3 Å². The third-order valence-electron chi connectivity index (χ3n) is 4.96. The van der Waals surface area contributed by atoms with Gasteiger partial charge in [-0.1, -0.05) is 26.7 Å². The topological polar surface area (TPSA) is 67.4 Å². The lowest BCUT2D eigenvalue weighted by Crippen LogP contribution is -2.47. The van der Waals surface area contributed by atoms with Crippen molar-refractivity contribution in [3.63, 3.8) is 0 Å². The molecule has 0 radical (unpaired) electrons. The Morgan fingerprint density at radius 1 is 1.20 bits per heavy atom. The Hall–Kier alpha value is -2.04. The fraction of sp³-hybridized carbons (Fsp3) is 0.600. The molecule has 2 amide bonds. The molecular weight excluding hydrogens is 316 g/mol. The number of aryl methyl sites for hydroxylation is 1. The Morgan fingerprint density at radius 3 is 2.56 bits per heavy atom. The third kappa shape index (κ3) is 5.21. The highest BCUT2D eigenvalue weighted by Gasteiger charge is 2.30. The van der Waals surface area contributed by atoms with Gasteiger partial charge in [0.15, 0.2) is 0 Å². The predicted molar refractivity (Wildman–Crippen MR) is 99.7 cm³/mol. The molecule has 0 bridgehead atoms. The van der Waals surface area contributed by atoms with Gasteiger partial charge in [0.1, 0.15) is 5.75 Å². The molecule has 2 rings (SSSR count). The lowest BCUT2D eigenvalue weighted by Gasteiger charge is -2.34. The summed E-state index contributed by atoms with van der Waals surface area (Å²) in [6, 6.07) is 5.50. The lowest BCUT2D eigenvalue weighted by atomic mass is 9.78. The fourth-order valence-corrected chi connectivity index (χ4v) is 3.58. The van der Waals surface area contributed by atoms with Crippen LogP contribution in [-0.4, -0.2) is 24.5 Å². The van der Waals surface area contributed by atoms with Crippen LogP contribution in [0.15, 0.2) is 18.2 Å². The summed E-state index contributed by atoms with van der Waals surface area (Å²) in [5.41, 5.74) is 1.50. The maximum atomic E-state index is 12.3. The summed E-state index contributed by atoms with van der Waals surface area (Å²) in [5.74, 6) is 0.537. The summed E-state index contributed by atoms with van der Waals surface area (Å²) in [4.78, 5) is 24.6. The second kappa shape index (κ2) is 8.88. The number of ether oxygens (including phenoxy) is 1. The number of amides is 2. The molecule has 2 N–H and O–H groups in total. The van der Waals surface area contributed by atoms with Crippen LogP contribution < -0.4 is 15.4 Å². The summed E-state index contributed by atoms with van der Waals surface area (Å²) in [6.45, 7) is 8.75. The van der Waals surface area contributed by atoms with Crippen LogP contribution in [0, 0.1) is 18.8 Å². The van der Waals surface area contributed by atoms with Crippen molar-refractivity contribution in [2.75, 3.05) is 11.9 Å². The first-order valence-electron chi connectivity index (χ1n) is 9.27. The van der Waals surface area contributed by atoms with Gasteiger partial charge in [-0.2, -0.15) is 0 Å². The molecule has 138 valence electrons. The molecule has 1 aromatic rings. The van der Waals surface area contributed by atoms with Crippen molar-refractivity contribution in [3.8, 4) is 5.75 Å².